The van der Waals surface area contributed by atoms with Crippen LogP contribution in [-0.4, -0.2) is 14.8 Å². The monoisotopic (exact) mass is 396 g/mol. The summed E-state index contributed by atoms with van der Waals surface area (Å²) in [5.74, 6) is 0. The summed E-state index contributed by atoms with van der Waals surface area (Å²) in [6.45, 7) is 1.40. The van der Waals surface area contributed by atoms with Gasteiger partial charge in [0.15, 0.2) is 0 Å². The van der Waals surface area contributed by atoms with E-state index >= 15 is 0 Å². The molecule has 1 aliphatic heterocycles. The summed E-state index contributed by atoms with van der Waals surface area (Å²) in [4.78, 5) is 6.46. The Kier molecular flexibility index (Phi) is 4.88. The number of thioether (sulfide) groups is 1. The van der Waals surface area contributed by atoms with E-state index in [1.54, 1.807) is 17.5 Å². The van der Waals surface area contributed by atoms with Gasteiger partial charge in [-0.3, -0.25) is 0 Å². The number of hydrogen-bond donors (Lipinski definition) is 0. The maximum atomic E-state index is 6.28. The normalized spacial score (nSPS) is 19.6. The maximum absolute atomic E-state index is 6.28. The Bertz CT molecular complexity index is 835. The molecule has 0 unspecified atom stereocenters. The molecule has 24 heavy (non-hydrogen) atoms. The fourth-order valence-corrected chi connectivity index (χ4v) is 5.49. The summed E-state index contributed by atoms with van der Waals surface area (Å²) < 4.78 is 9.16. The molecule has 3 aromatic rings. The lowest BCUT2D eigenvalue weighted by atomic mass is 10.1. The van der Waals surface area contributed by atoms with Gasteiger partial charge in [0, 0.05) is 33.7 Å². The molecule has 124 valence electrons. The van der Waals surface area contributed by atoms with Gasteiger partial charge in [-0.15, -0.1) is 23.1 Å². The Labute approximate surface area is 158 Å². The molecule has 2 aromatic heterocycles. The van der Waals surface area contributed by atoms with Crippen LogP contribution < -0.4 is 0 Å². The number of imidazole rings is 1. The van der Waals surface area contributed by atoms with Gasteiger partial charge < -0.3 is 9.30 Å². The largest absolute Gasteiger partial charge is 0.367 e. The highest BCUT2D eigenvalue weighted by molar-refractivity contribution is 8.00. The number of halogens is 2. The van der Waals surface area contributed by atoms with Gasteiger partial charge in [-0.05, 0) is 29.8 Å². The van der Waals surface area contributed by atoms with E-state index in [1.807, 2.05) is 48.6 Å². The predicted molar refractivity (Wildman–Crippen MR) is 100 cm³/mol. The number of thiophene rings is 1. The van der Waals surface area contributed by atoms with Crippen LogP contribution in [0.3, 0.4) is 0 Å². The van der Waals surface area contributed by atoms with Gasteiger partial charge in [-0.1, -0.05) is 29.3 Å². The molecular weight excluding hydrogens is 383 g/mol. The fraction of sp³-hybridized carbons (Fsp3) is 0.235. The number of aromatic nitrogens is 2. The average Bonchev–Trinajstić information content (AvgIpc) is 3.26. The summed E-state index contributed by atoms with van der Waals surface area (Å²) >= 11 is 15.5. The van der Waals surface area contributed by atoms with Gasteiger partial charge >= 0.3 is 0 Å². The number of ether oxygens (including phenoxy) is 1. The number of nitrogens with zero attached hydrogens (tertiary/aromatic N) is 2. The Morgan fingerprint density at radius 3 is 2.88 bits per heavy atom. The van der Waals surface area contributed by atoms with Crippen LogP contribution in [0.1, 0.15) is 16.5 Å². The molecule has 3 heterocycles. The van der Waals surface area contributed by atoms with Gasteiger partial charge in [0.2, 0.25) is 0 Å². The predicted octanol–water partition coefficient (Wildman–Crippen LogP) is 5.68. The van der Waals surface area contributed by atoms with Crippen LogP contribution in [0.15, 0.2) is 53.9 Å². The summed E-state index contributed by atoms with van der Waals surface area (Å²) in [5, 5.41) is 1.04. The summed E-state index contributed by atoms with van der Waals surface area (Å²) in [7, 11) is 0. The minimum atomic E-state index is 0.0190. The van der Waals surface area contributed by atoms with E-state index in [4.69, 9.17) is 27.9 Å². The number of fused-ring (bicyclic) bond motifs is 1. The molecule has 0 spiro atoms. The maximum Gasteiger partial charge on any atom is 0.0980 e. The fourth-order valence-electron chi connectivity index (χ4n) is 2.80. The third-order valence-corrected chi connectivity index (χ3v) is 6.63. The van der Waals surface area contributed by atoms with Crippen LogP contribution in [0.4, 0.5) is 0 Å². The quantitative estimate of drug-likeness (QED) is 0.554. The van der Waals surface area contributed by atoms with Crippen LogP contribution in [0.2, 0.25) is 9.36 Å². The van der Waals surface area contributed by atoms with Crippen molar-refractivity contribution in [3.63, 3.8) is 0 Å². The lowest BCUT2D eigenvalue weighted by molar-refractivity contribution is 0.0382. The molecule has 4 rings (SSSR count). The number of benzene rings is 1. The molecule has 0 bridgehead atoms. The van der Waals surface area contributed by atoms with E-state index in [0.717, 1.165) is 20.8 Å². The van der Waals surface area contributed by atoms with Crippen LogP contribution in [0.5, 0.6) is 0 Å². The minimum absolute atomic E-state index is 0.0190. The van der Waals surface area contributed by atoms with Gasteiger partial charge in [0.1, 0.15) is 0 Å². The van der Waals surface area contributed by atoms with E-state index in [0.29, 0.717) is 6.61 Å². The second-order valence-electron chi connectivity index (χ2n) is 5.54. The standard InChI is InChI=1S/C17H14Cl2N2OS2/c18-11-1-3-13-14(7-11)24-15(8-21-6-5-20-10-21)17(13)22-9-12-2-4-16(19)23-12/h1-7,10,15,17H,8-9H2/t15-,17-/m1/s1. The summed E-state index contributed by atoms with van der Waals surface area (Å²) in [6.07, 6.45) is 5.64. The molecule has 0 radical (unpaired) electrons. The number of hydrogen-bond acceptors (Lipinski definition) is 4. The first-order chi connectivity index (χ1) is 11.7. The van der Waals surface area contributed by atoms with Crippen molar-refractivity contribution in [2.45, 2.75) is 29.4 Å². The van der Waals surface area contributed by atoms with Crippen molar-refractivity contribution in [1.29, 1.82) is 0 Å². The third-order valence-electron chi connectivity index (χ3n) is 3.88. The van der Waals surface area contributed by atoms with E-state index in [-0.39, 0.29) is 11.4 Å². The molecule has 0 N–H and O–H groups in total. The Balaban J connectivity index is 1.56. The smallest absolute Gasteiger partial charge is 0.0980 e. The van der Waals surface area contributed by atoms with Crippen molar-refractivity contribution < 1.29 is 4.74 Å². The molecule has 0 saturated carbocycles. The number of rotatable bonds is 5. The van der Waals surface area contributed by atoms with Gasteiger partial charge in [0.05, 0.1) is 28.6 Å². The van der Waals surface area contributed by atoms with Crippen molar-refractivity contribution in [2.24, 2.45) is 0 Å². The highest BCUT2D eigenvalue weighted by atomic mass is 35.5. The molecule has 7 heteroatoms. The molecule has 3 nitrogen and oxygen atoms in total. The van der Waals surface area contributed by atoms with Crippen molar-refractivity contribution >= 4 is 46.3 Å². The first-order valence-electron chi connectivity index (χ1n) is 7.47. The second-order valence-corrected chi connectivity index (χ2v) is 9.05. The first kappa shape index (κ1) is 16.5. The Hall–Kier alpha value is -0.980. The SMILES string of the molecule is Clc1ccc2c(c1)S[C@H](Cn1ccnc1)[C@@H]2OCc1ccc(Cl)s1. The van der Waals surface area contributed by atoms with Crippen molar-refractivity contribution in [3.05, 3.63) is 68.9 Å². The summed E-state index contributed by atoms with van der Waals surface area (Å²) in [6, 6.07) is 9.95. The molecule has 1 aromatic carbocycles. The zero-order chi connectivity index (χ0) is 16.5. The lowest BCUT2D eigenvalue weighted by Crippen LogP contribution is -2.19. The molecule has 0 fully saturated rings. The topological polar surface area (TPSA) is 27.1 Å². The van der Waals surface area contributed by atoms with Gasteiger partial charge in [0.25, 0.3) is 0 Å². The second kappa shape index (κ2) is 7.10. The van der Waals surface area contributed by atoms with E-state index in [9.17, 15) is 0 Å². The average molecular weight is 397 g/mol. The van der Waals surface area contributed by atoms with E-state index in [2.05, 4.69) is 15.6 Å². The van der Waals surface area contributed by atoms with Gasteiger partial charge in [-0.25, -0.2) is 4.98 Å². The first-order valence-corrected chi connectivity index (χ1v) is 9.92. The van der Waals surface area contributed by atoms with Gasteiger partial charge in [-0.2, -0.15) is 0 Å². The third kappa shape index (κ3) is 3.51. The summed E-state index contributed by atoms with van der Waals surface area (Å²) in [5.41, 5.74) is 1.21. The zero-order valence-electron chi connectivity index (χ0n) is 12.6. The molecule has 1 aliphatic rings. The van der Waals surface area contributed by atoms with Crippen LogP contribution in [0.25, 0.3) is 0 Å². The minimum Gasteiger partial charge on any atom is -0.367 e. The molecule has 0 amide bonds. The van der Waals surface area contributed by atoms with Crippen LogP contribution in [0, 0.1) is 0 Å². The Morgan fingerprint density at radius 1 is 1.21 bits per heavy atom. The molecule has 2 atom stereocenters. The van der Waals surface area contributed by atoms with E-state index < -0.39 is 0 Å². The van der Waals surface area contributed by atoms with Crippen LogP contribution in [-0.2, 0) is 17.9 Å². The van der Waals surface area contributed by atoms with Crippen molar-refractivity contribution in [3.8, 4) is 0 Å². The molecule has 0 saturated heterocycles. The Morgan fingerprint density at radius 2 is 2.12 bits per heavy atom. The molecule has 0 aliphatic carbocycles. The zero-order valence-corrected chi connectivity index (χ0v) is 15.7. The van der Waals surface area contributed by atoms with Crippen molar-refractivity contribution in [1.82, 2.24) is 9.55 Å². The van der Waals surface area contributed by atoms with E-state index in [1.165, 1.54) is 10.5 Å². The van der Waals surface area contributed by atoms with Crippen molar-refractivity contribution in [2.75, 3.05) is 0 Å². The molecular formula is C17H14Cl2N2OS2. The van der Waals surface area contributed by atoms with Crippen LogP contribution >= 0.6 is 46.3 Å². The highest BCUT2D eigenvalue weighted by Gasteiger charge is 2.34. The highest BCUT2D eigenvalue weighted by Crippen LogP contribution is 2.48. The lowest BCUT2D eigenvalue weighted by Gasteiger charge is -2.20.